The van der Waals surface area contributed by atoms with Gasteiger partial charge in [0, 0.05) is 29.1 Å². The second kappa shape index (κ2) is 8.79. The van der Waals surface area contributed by atoms with E-state index in [1.807, 2.05) is 23.1 Å². The van der Waals surface area contributed by atoms with Crippen LogP contribution in [0.2, 0.25) is 10.0 Å². The van der Waals surface area contributed by atoms with Gasteiger partial charge in [-0.15, -0.1) is 0 Å². The zero-order valence-corrected chi connectivity index (χ0v) is 17.9. The average Bonchev–Trinajstić information content (AvgIpc) is 3.20. The van der Waals surface area contributed by atoms with Gasteiger partial charge in [0.25, 0.3) is 0 Å². The van der Waals surface area contributed by atoms with E-state index in [9.17, 15) is 4.39 Å². The van der Waals surface area contributed by atoms with E-state index in [4.69, 9.17) is 33.7 Å². The molecule has 1 saturated heterocycles. The maximum absolute atomic E-state index is 13.5. The molecule has 158 valence electrons. The number of pyridine rings is 1. The summed E-state index contributed by atoms with van der Waals surface area (Å²) in [5, 5.41) is 8.27. The summed E-state index contributed by atoms with van der Waals surface area (Å²) in [6.07, 6.45) is 7.06. The number of halogens is 3. The first-order chi connectivity index (χ1) is 14.4. The van der Waals surface area contributed by atoms with E-state index >= 15 is 0 Å². The fourth-order valence-electron chi connectivity index (χ4n) is 3.66. The van der Waals surface area contributed by atoms with E-state index in [1.165, 1.54) is 12.1 Å². The van der Waals surface area contributed by atoms with Gasteiger partial charge in [0.2, 0.25) is 0 Å². The molecule has 9 heteroatoms. The quantitative estimate of drug-likeness (QED) is 0.570. The summed E-state index contributed by atoms with van der Waals surface area (Å²) in [6.45, 7) is 3.76. The summed E-state index contributed by atoms with van der Waals surface area (Å²) in [4.78, 5) is 4.26. The predicted octanol–water partition coefficient (Wildman–Crippen LogP) is 5.04. The number of rotatable bonds is 5. The number of hydrogen-bond acceptors (Lipinski definition) is 5. The predicted molar refractivity (Wildman–Crippen MR) is 116 cm³/mol. The third kappa shape index (κ3) is 4.38. The summed E-state index contributed by atoms with van der Waals surface area (Å²) < 4.78 is 21.5. The van der Waals surface area contributed by atoms with E-state index in [0.29, 0.717) is 17.4 Å². The van der Waals surface area contributed by atoms with E-state index in [-0.39, 0.29) is 15.9 Å². The number of aromatic nitrogens is 3. The number of nitrogens with one attached hydrogen (secondary N) is 1. The van der Waals surface area contributed by atoms with Crippen LogP contribution in [-0.2, 0) is 0 Å². The highest BCUT2D eigenvalue weighted by atomic mass is 35.5. The third-order valence-electron chi connectivity index (χ3n) is 5.25. The number of anilines is 1. The number of ether oxygens (including phenoxy) is 1. The van der Waals surface area contributed by atoms with Crippen LogP contribution in [0.25, 0.3) is 11.1 Å². The topological polar surface area (TPSA) is 78.0 Å². The van der Waals surface area contributed by atoms with Crippen LogP contribution in [0.15, 0.2) is 36.8 Å². The summed E-state index contributed by atoms with van der Waals surface area (Å²) in [6, 6.07) is 4.61. The third-order valence-corrected chi connectivity index (χ3v) is 5.88. The Kier molecular flexibility index (Phi) is 6.13. The molecule has 1 fully saturated rings. The lowest BCUT2D eigenvalue weighted by molar-refractivity contribution is 0.228. The molecule has 0 radical (unpaired) electrons. The molecule has 0 spiro atoms. The van der Waals surface area contributed by atoms with Gasteiger partial charge < -0.3 is 15.8 Å². The molecule has 4 rings (SSSR count). The average molecular weight is 450 g/mol. The maximum Gasteiger partial charge on any atom is 0.166 e. The van der Waals surface area contributed by atoms with Gasteiger partial charge in [-0.1, -0.05) is 23.2 Å². The fourth-order valence-corrected chi connectivity index (χ4v) is 4.42. The lowest BCUT2D eigenvalue weighted by atomic mass is 10.1. The van der Waals surface area contributed by atoms with Crippen molar-refractivity contribution in [1.29, 1.82) is 0 Å². The van der Waals surface area contributed by atoms with Gasteiger partial charge in [-0.05, 0) is 51.1 Å². The molecule has 3 heterocycles. The SMILES string of the molecule is C[C@@H](Oc1cc(-c2cnn(C3CCNCC3)c2)cnc1N)c1c(Cl)cc(F)cc1Cl. The summed E-state index contributed by atoms with van der Waals surface area (Å²) in [7, 11) is 0. The van der Waals surface area contributed by atoms with E-state index in [2.05, 4.69) is 15.4 Å². The first-order valence-corrected chi connectivity index (χ1v) is 10.5. The molecule has 0 aliphatic carbocycles. The van der Waals surface area contributed by atoms with Crippen LogP contribution in [0.4, 0.5) is 10.2 Å². The molecule has 3 N–H and O–H groups in total. The van der Waals surface area contributed by atoms with Crippen molar-refractivity contribution >= 4 is 29.0 Å². The molecule has 6 nitrogen and oxygen atoms in total. The molecule has 1 aliphatic heterocycles. The number of piperidine rings is 1. The maximum atomic E-state index is 13.5. The van der Waals surface area contributed by atoms with Crippen molar-refractivity contribution in [3.05, 3.63) is 58.2 Å². The van der Waals surface area contributed by atoms with E-state index in [1.54, 1.807) is 13.1 Å². The van der Waals surface area contributed by atoms with Gasteiger partial charge in [-0.2, -0.15) is 5.10 Å². The largest absolute Gasteiger partial charge is 0.482 e. The number of nitrogen functional groups attached to an aromatic ring is 1. The van der Waals surface area contributed by atoms with Crippen LogP contribution in [0.5, 0.6) is 5.75 Å². The monoisotopic (exact) mass is 449 g/mol. The smallest absolute Gasteiger partial charge is 0.166 e. The molecule has 0 saturated carbocycles. The number of nitrogens with two attached hydrogens (primary N) is 1. The molecule has 30 heavy (non-hydrogen) atoms. The van der Waals surface area contributed by atoms with Crippen molar-refractivity contribution < 1.29 is 9.13 Å². The fraction of sp³-hybridized carbons (Fsp3) is 0.333. The highest BCUT2D eigenvalue weighted by molar-refractivity contribution is 6.36. The summed E-state index contributed by atoms with van der Waals surface area (Å²) >= 11 is 12.3. The number of hydrogen-bond donors (Lipinski definition) is 2. The first kappa shape index (κ1) is 20.9. The first-order valence-electron chi connectivity index (χ1n) is 9.74. The molecule has 1 atom stereocenters. The molecule has 0 amide bonds. The minimum Gasteiger partial charge on any atom is -0.482 e. The number of benzene rings is 1. The molecular weight excluding hydrogens is 428 g/mol. The minimum atomic E-state index is -0.553. The highest BCUT2D eigenvalue weighted by Gasteiger charge is 2.20. The standard InChI is InChI=1S/C21H22Cl2FN5O/c1-12(20-17(22)7-15(24)8-18(20)23)30-19-6-13(9-27-21(19)25)14-10-28-29(11-14)16-2-4-26-5-3-16/h6-12,16,26H,2-5H2,1H3,(H2,25,27)/t12-/m1/s1. The summed E-state index contributed by atoms with van der Waals surface area (Å²) in [5.74, 6) is 0.131. The summed E-state index contributed by atoms with van der Waals surface area (Å²) in [5.41, 5.74) is 8.28. The van der Waals surface area contributed by atoms with Gasteiger partial charge in [0.05, 0.1) is 22.3 Å². The van der Waals surface area contributed by atoms with Gasteiger partial charge in [0.15, 0.2) is 11.6 Å². The van der Waals surface area contributed by atoms with Crippen LogP contribution < -0.4 is 15.8 Å². The highest BCUT2D eigenvalue weighted by Crippen LogP contribution is 2.36. The van der Waals surface area contributed by atoms with Crippen molar-refractivity contribution in [3.63, 3.8) is 0 Å². The van der Waals surface area contributed by atoms with Crippen molar-refractivity contribution in [2.75, 3.05) is 18.8 Å². The molecule has 3 aromatic rings. The Morgan fingerprint density at radius 2 is 1.87 bits per heavy atom. The Morgan fingerprint density at radius 1 is 1.17 bits per heavy atom. The van der Waals surface area contributed by atoms with Crippen molar-refractivity contribution in [2.45, 2.75) is 31.9 Å². The van der Waals surface area contributed by atoms with Crippen molar-refractivity contribution in [2.24, 2.45) is 0 Å². The van der Waals surface area contributed by atoms with Crippen molar-refractivity contribution in [1.82, 2.24) is 20.1 Å². The Morgan fingerprint density at radius 3 is 2.57 bits per heavy atom. The lowest BCUT2D eigenvalue weighted by Gasteiger charge is -2.22. The molecule has 1 aromatic carbocycles. The molecule has 1 aliphatic rings. The molecular formula is C21H22Cl2FN5O. The van der Waals surface area contributed by atoms with E-state index < -0.39 is 11.9 Å². The van der Waals surface area contributed by atoms with Crippen LogP contribution in [-0.4, -0.2) is 27.9 Å². The van der Waals surface area contributed by atoms with Gasteiger partial charge >= 0.3 is 0 Å². The Hall–Kier alpha value is -2.35. The Bertz CT molecular complexity index is 1030. The van der Waals surface area contributed by atoms with Gasteiger partial charge in [0.1, 0.15) is 11.9 Å². The van der Waals surface area contributed by atoms with Crippen LogP contribution in [0, 0.1) is 5.82 Å². The molecule has 2 aromatic heterocycles. The van der Waals surface area contributed by atoms with Crippen LogP contribution in [0.3, 0.4) is 0 Å². The van der Waals surface area contributed by atoms with Gasteiger partial charge in [-0.3, -0.25) is 4.68 Å². The molecule has 0 bridgehead atoms. The zero-order chi connectivity index (χ0) is 21.3. The Labute approximate surface area is 184 Å². The second-order valence-electron chi connectivity index (χ2n) is 7.34. The Balaban J connectivity index is 1.57. The zero-order valence-electron chi connectivity index (χ0n) is 16.4. The van der Waals surface area contributed by atoms with E-state index in [0.717, 1.165) is 37.1 Å². The van der Waals surface area contributed by atoms with Crippen molar-refractivity contribution in [3.8, 4) is 16.9 Å². The number of nitrogens with zero attached hydrogens (tertiary/aromatic N) is 3. The normalized spacial score (nSPS) is 15.9. The van der Waals surface area contributed by atoms with Gasteiger partial charge in [-0.25, -0.2) is 9.37 Å². The molecule has 0 unspecified atom stereocenters. The van der Waals surface area contributed by atoms with Crippen LogP contribution in [0.1, 0.15) is 37.5 Å². The minimum absolute atomic E-state index is 0.193. The lowest BCUT2D eigenvalue weighted by Crippen LogP contribution is -2.29. The second-order valence-corrected chi connectivity index (χ2v) is 8.16. The van der Waals surface area contributed by atoms with Crippen LogP contribution >= 0.6 is 23.2 Å².